The fourth-order valence-electron chi connectivity index (χ4n) is 4.94. The molecule has 8 nitrogen and oxygen atoms in total. The molecule has 5 atom stereocenters. The Bertz CT molecular complexity index is 1290. The van der Waals surface area contributed by atoms with E-state index < -0.39 is 42.4 Å². The number of hydrogen-bond donors (Lipinski definition) is 0. The van der Waals surface area contributed by atoms with E-state index in [1.807, 2.05) is 91.0 Å². The first kappa shape index (κ1) is 34.4. The molecule has 1 heterocycles. The Kier molecular flexibility index (Phi) is 13.6. The highest BCUT2D eigenvalue weighted by molar-refractivity contribution is 5.82. The molecule has 0 N–H and O–H groups in total. The molecule has 0 radical (unpaired) electrons. The molecule has 1 aliphatic rings. The largest absolute Gasteiger partial charge is 0.463 e. The Hall–Kier alpha value is -3.51. The molecule has 1 fully saturated rings. The van der Waals surface area contributed by atoms with Gasteiger partial charge in [0.05, 0.1) is 33.0 Å². The maximum absolute atomic E-state index is 16.0. The minimum Gasteiger partial charge on any atom is -0.463 e. The van der Waals surface area contributed by atoms with Crippen LogP contribution >= 0.6 is 0 Å². The first-order chi connectivity index (χ1) is 21.9. The van der Waals surface area contributed by atoms with Gasteiger partial charge in [-0.25, -0.2) is 4.79 Å². The number of benzene rings is 3. The quantitative estimate of drug-likeness (QED) is 0.104. The van der Waals surface area contributed by atoms with Gasteiger partial charge in [0, 0.05) is 13.2 Å². The Balaban J connectivity index is 1.68. The van der Waals surface area contributed by atoms with Crippen LogP contribution in [0, 0.1) is 0 Å². The van der Waals surface area contributed by atoms with Gasteiger partial charge in [0.2, 0.25) is 0 Å². The van der Waals surface area contributed by atoms with Crippen molar-refractivity contribution in [1.82, 2.24) is 0 Å². The van der Waals surface area contributed by atoms with Gasteiger partial charge in [0.1, 0.15) is 31.2 Å². The van der Waals surface area contributed by atoms with Crippen LogP contribution < -0.4 is 0 Å². The number of carbonyl (C=O) groups excluding carboxylic acids is 1. The van der Waals surface area contributed by atoms with Gasteiger partial charge in [-0.15, -0.1) is 0 Å². The van der Waals surface area contributed by atoms with Gasteiger partial charge >= 0.3 is 5.97 Å². The van der Waals surface area contributed by atoms with Crippen LogP contribution in [0.2, 0.25) is 0 Å². The fourth-order valence-corrected chi connectivity index (χ4v) is 4.94. The standard InChI is InChI=1S/C35H40F2O8/c1-3-41-30(38)19-20-35(36,37)34-33(44-25-39-2)32(43-23-28-17-11-6-12-18-28)31(42-22-27-15-9-5-10-16-27)29(45-34)24-40-21-26-13-7-4-8-14-26/h4-20,29,31-34H,3,21-25H2,1-2H3/b20-19+/t29-,31+,32+,33-,34+/m1/s1. The van der Waals surface area contributed by atoms with Crippen LogP contribution in [-0.2, 0) is 57.8 Å². The molecule has 3 aromatic rings. The molecular formula is C35H40F2O8. The first-order valence-electron chi connectivity index (χ1n) is 14.8. The Morgan fingerprint density at radius 3 is 1.84 bits per heavy atom. The van der Waals surface area contributed by atoms with E-state index in [1.165, 1.54) is 7.11 Å². The summed E-state index contributed by atoms with van der Waals surface area (Å²) in [5.41, 5.74) is 2.62. The average Bonchev–Trinajstić information content (AvgIpc) is 3.06. The number of hydrogen-bond acceptors (Lipinski definition) is 8. The highest BCUT2D eigenvalue weighted by Gasteiger charge is 2.56. The number of carbonyl (C=O) groups is 1. The second-order valence-corrected chi connectivity index (χ2v) is 10.4. The van der Waals surface area contributed by atoms with Gasteiger partial charge < -0.3 is 33.2 Å². The zero-order valence-corrected chi connectivity index (χ0v) is 25.5. The Labute approximate surface area is 262 Å². The zero-order valence-electron chi connectivity index (χ0n) is 25.5. The average molecular weight is 627 g/mol. The molecule has 0 aromatic heterocycles. The minimum absolute atomic E-state index is 0.0465. The molecule has 3 aromatic carbocycles. The Morgan fingerprint density at radius 1 is 0.778 bits per heavy atom. The number of esters is 1. The Morgan fingerprint density at radius 2 is 1.31 bits per heavy atom. The number of ether oxygens (including phenoxy) is 7. The fraction of sp³-hybridized carbons (Fsp3) is 0.400. The third-order valence-electron chi connectivity index (χ3n) is 7.08. The summed E-state index contributed by atoms with van der Waals surface area (Å²) in [5.74, 6) is -4.58. The van der Waals surface area contributed by atoms with E-state index in [0.717, 1.165) is 16.7 Å². The second-order valence-electron chi connectivity index (χ2n) is 10.4. The molecule has 1 aliphatic heterocycles. The molecule has 1 saturated heterocycles. The summed E-state index contributed by atoms with van der Waals surface area (Å²) in [5, 5.41) is 0. The molecule has 0 unspecified atom stereocenters. The molecular weight excluding hydrogens is 586 g/mol. The van der Waals surface area contributed by atoms with Gasteiger partial charge in [-0.3, -0.25) is 0 Å². The lowest BCUT2D eigenvalue weighted by molar-refractivity contribution is -0.309. The molecule has 242 valence electrons. The van der Waals surface area contributed by atoms with E-state index in [0.29, 0.717) is 12.2 Å². The zero-order chi connectivity index (χ0) is 31.9. The van der Waals surface area contributed by atoms with E-state index in [2.05, 4.69) is 0 Å². The van der Waals surface area contributed by atoms with E-state index in [9.17, 15) is 4.79 Å². The SMILES string of the molecule is CCOC(=O)/C=C/C(F)(F)[C@H]1O[C@H](COCc2ccccc2)[C@H](OCc2ccccc2)[C@H](OCc2ccccc2)[C@H]1OCOC. The highest BCUT2D eigenvalue weighted by Crippen LogP contribution is 2.38. The van der Waals surface area contributed by atoms with Gasteiger partial charge in [-0.2, -0.15) is 8.78 Å². The maximum atomic E-state index is 16.0. The lowest BCUT2D eigenvalue weighted by Crippen LogP contribution is -2.65. The van der Waals surface area contributed by atoms with Gasteiger partial charge in [0.25, 0.3) is 5.92 Å². The lowest BCUT2D eigenvalue weighted by Gasteiger charge is -2.47. The van der Waals surface area contributed by atoms with Crippen LogP contribution in [0.5, 0.6) is 0 Å². The van der Waals surface area contributed by atoms with Crippen LogP contribution in [-0.4, -0.2) is 69.5 Å². The lowest BCUT2D eigenvalue weighted by atomic mass is 9.90. The molecule has 0 bridgehead atoms. The van der Waals surface area contributed by atoms with Crippen LogP contribution in [0.1, 0.15) is 23.6 Å². The van der Waals surface area contributed by atoms with E-state index in [4.69, 9.17) is 33.2 Å². The predicted octanol–water partition coefficient (Wildman–Crippen LogP) is 5.89. The summed E-state index contributed by atoms with van der Waals surface area (Å²) in [6.45, 7) is 1.74. The van der Waals surface area contributed by atoms with Crippen molar-refractivity contribution in [2.75, 3.05) is 27.1 Å². The monoisotopic (exact) mass is 626 g/mol. The van der Waals surface area contributed by atoms with Crippen molar-refractivity contribution in [2.45, 2.75) is 63.2 Å². The van der Waals surface area contributed by atoms with E-state index in [1.54, 1.807) is 6.92 Å². The van der Waals surface area contributed by atoms with E-state index in [-0.39, 0.29) is 39.8 Å². The van der Waals surface area contributed by atoms with Gasteiger partial charge in [0.15, 0.2) is 6.10 Å². The summed E-state index contributed by atoms with van der Waals surface area (Å²) in [7, 11) is 1.39. The number of rotatable bonds is 17. The van der Waals surface area contributed by atoms with Gasteiger partial charge in [-0.1, -0.05) is 91.0 Å². The third kappa shape index (κ3) is 10.5. The third-order valence-corrected chi connectivity index (χ3v) is 7.08. The molecule has 45 heavy (non-hydrogen) atoms. The molecule has 0 amide bonds. The summed E-state index contributed by atoms with van der Waals surface area (Å²) >= 11 is 0. The number of halogens is 2. The summed E-state index contributed by atoms with van der Waals surface area (Å²) in [6, 6.07) is 28.3. The van der Waals surface area contributed by atoms with Crippen molar-refractivity contribution in [3.63, 3.8) is 0 Å². The molecule has 4 rings (SSSR count). The topological polar surface area (TPSA) is 81.7 Å². The maximum Gasteiger partial charge on any atom is 0.330 e. The van der Waals surface area contributed by atoms with Crippen LogP contribution in [0.4, 0.5) is 8.78 Å². The van der Waals surface area contributed by atoms with Crippen molar-refractivity contribution in [3.05, 3.63) is 120 Å². The summed E-state index contributed by atoms with van der Waals surface area (Å²) in [4.78, 5) is 12.0. The predicted molar refractivity (Wildman–Crippen MR) is 162 cm³/mol. The number of alkyl halides is 2. The van der Waals surface area contributed by atoms with E-state index >= 15 is 8.78 Å². The smallest absolute Gasteiger partial charge is 0.330 e. The van der Waals surface area contributed by atoms with Crippen LogP contribution in [0.3, 0.4) is 0 Å². The van der Waals surface area contributed by atoms with Crippen LogP contribution in [0.15, 0.2) is 103 Å². The van der Waals surface area contributed by atoms with Crippen molar-refractivity contribution in [1.29, 1.82) is 0 Å². The van der Waals surface area contributed by atoms with Gasteiger partial charge in [-0.05, 0) is 29.7 Å². The van der Waals surface area contributed by atoms with Crippen LogP contribution in [0.25, 0.3) is 0 Å². The van der Waals surface area contributed by atoms with Crippen molar-refractivity contribution in [3.8, 4) is 0 Å². The molecule has 0 aliphatic carbocycles. The number of methoxy groups -OCH3 is 1. The second kappa shape index (κ2) is 17.8. The molecule has 0 spiro atoms. The van der Waals surface area contributed by atoms with Crippen molar-refractivity contribution in [2.24, 2.45) is 0 Å². The molecule has 10 heteroatoms. The molecule has 0 saturated carbocycles. The summed E-state index contributed by atoms with van der Waals surface area (Å²) < 4.78 is 72.7. The summed E-state index contributed by atoms with van der Waals surface area (Å²) in [6.07, 6.45) is -5.00. The van der Waals surface area contributed by atoms with Crippen molar-refractivity contribution >= 4 is 5.97 Å². The normalized spacial score (nSPS) is 22.0. The highest BCUT2D eigenvalue weighted by atomic mass is 19.3. The first-order valence-corrected chi connectivity index (χ1v) is 14.8. The van der Waals surface area contributed by atoms with Crippen molar-refractivity contribution < 1.29 is 46.7 Å². The minimum atomic E-state index is -3.68.